The first kappa shape index (κ1) is 26.8. The lowest BCUT2D eigenvalue weighted by atomic mass is 9.85. The van der Waals surface area contributed by atoms with E-state index in [9.17, 15) is 42.3 Å². The molecule has 3 fully saturated rings. The third-order valence-electron chi connectivity index (χ3n) is 6.27. The minimum absolute atomic E-state index is 0.0970. The molecular formula is C18H21N7O12S. The van der Waals surface area contributed by atoms with Crippen LogP contribution >= 0.6 is 0 Å². The summed E-state index contributed by atoms with van der Waals surface area (Å²) in [7, 11) is -5.07. The molecule has 0 aromatic carbocycles. The second-order valence-corrected chi connectivity index (χ2v) is 9.55. The molecule has 0 aliphatic carbocycles. The number of nitrogens with zero attached hydrogens (tertiary/aromatic N) is 2. The topological polar surface area (TPSA) is 280 Å². The molecule has 8 N–H and O–H groups in total. The number of aromatic nitrogens is 1. The predicted octanol–water partition coefficient (Wildman–Crippen LogP) is -4.42. The van der Waals surface area contributed by atoms with Gasteiger partial charge in [-0.1, -0.05) is 0 Å². The van der Waals surface area contributed by atoms with Crippen LogP contribution in [0.15, 0.2) is 17.1 Å². The highest BCUT2D eigenvalue weighted by molar-refractivity contribution is 7.80. The normalized spacial score (nSPS) is 26.4. The second kappa shape index (κ2) is 9.55. The number of hydroxylamine groups is 3. The summed E-state index contributed by atoms with van der Waals surface area (Å²) in [4.78, 5) is 81.9. The number of nitrogens with one attached hydrogen (secondary N) is 4. The van der Waals surface area contributed by atoms with E-state index in [1.165, 1.54) is 0 Å². The number of aromatic amines is 1. The lowest BCUT2D eigenvalue weighted by molar-refractivity contribution is -0.154. The van der Waals surface area contributed by atoms with Crippen LogP contribution in [0, 0.1) is 0 Å². The molecule has 6 amide bonds. The van der Waals surface area contributed by atoms with Gasteiger partial charge in [-0.25, -0.2) is 10.3 Å². The van der Waals surface area contributed by atoms with Crippen LogP contribution in [0.1, 0.15) is 23.3 Å². The van der Waals surface area contributed by atoms with Gasteiger partial charge in [-0.3, -0.25) is 38.3 Å². The highest BCUT2D eigenvalue weighted by Gasteiger charge is 2.61. The highest BCUT2D eigenvalue weighted by Crippen LogP contribution is 2.37. The van der Waals surface area contributed by atoms with Crippen LogP contribution in [0.2, 0.25) is 0 Å². The van der Waals surface area contributed by atoms with Crippen LogP contribution in [0.25, 0.3) is 0 Å². The van der Waals surface area contributed by atoms with Gasteiger partial charge >= 0.3 is 16.4 Å². The monoisotopic (exact) mass is 559 g/mol. The number of carbonyl (C=O) groups excluding carboxylic acids is 5. The lowest BCUT2D eigenvalue weighted by Gasteiger charge is -2.39. The molecule has 19 nitrogen and oxygen atoms in total. The summed E-state index contributed by atoms with van der Waals surface area (Å²) in [6, 6.07) is -3.28. The summed E-state index contributed by atoms with van der Waals surface area (Å²) >= 11 is 0. The zero-order valence-electron chi connectivity index (χ0n) is 19.1. The van der Waals surface area contributed by atoms with Crippen molar-refractivity contribution in [3.63, 3.8) is 0 Å². The van der Waals surface area contributed by atoms with Gasteiger partial charge in [0.25, 0.3) is 17.7 Å². The number of amides is 6. The van der Waals surface area contributed by atoms with Crippen molar-refractivity contribution in [1.29, 1.82) is 0 Å². The lowest BCUT2D eigenvalue weighted by Crippen LogP contribution is -2.71. The third-order valence-corrected chi connectivity index (χ3v) is 6.62. The fourth-order valence-corrected chi connectivity index (χ4v) is 4.70. The summed E-state index contributed by atoms with van der Waals surface area (Å²) < 4.78 is 35.3. The van der Waals surface area contributed by atoms with Crippen LogP contribution in [0.5, 0.6) is 5.75 Å². The largest absolute Gasteiger partial charge is 0.503 e. The maximum absolute atomic E-state index is 13.0. The molecule has 2 bridgehead atoms. The molecule has 2 unspecified atom stereocenters. The molecule has 20 heteroatoms. The van der Waals surface area contributed by atoms with Crippen LogP contribution in [-0.4, -0.2) is 99.5 Å². The van der Waals surface area contributed by atoms with Gasteiger partial charge in [0, 0.05) is 18.8 Å². The van der Waals surface area contributed by atoms with Gasteiger partial charge in [-0.2, -0.15) is 13.5 Å². The number of aromatic hydroxyl groups is 1. The van der Waals surface area contributed by atoms with Crippen molar-refractivity contribution < 1.29 is 51.2 Å². The molecular weight excluding hydrogens is 538 g/mol. The number of piperidine rings is 1. The predicted molar refractivity (Wildman–Crippen MR) is 118 cm³/mol. The summed E-state index contributed by atoms with van der Waals surface area (Å²) in [6.45, 7) is -0.741. The Kier molecular flexibility index (Phi) is 6.73. The fraction of sp³-hybridized carbons (Fsp3) is 0.444. The van der Waals surface area contributed by atoms with Crippen LogP contribution in [-0.2, 0) is 33.9 Å². The van der Waals surface area contributed by atoms with Crippen molar-refractivity contribution >= 4 is 40.1 Å². The van der Waals surface area contributed by atoms with Gasteiger partial charge in [0.05, 0.1) is 18.7 Å². The van der Waals surface area contributed by atoms with E-state index in [0.717, 1.165) is 12.3 Å². The summed E-state index contributed by atoms with van der Waals surface area (Å²) in [6.07, 6.45) is 0.471. The summed E-state index contributed by atoms with van der Waals surface area (Å²) in [5.41, 5.74) is 4.07. The number of hydrogen-bond donors (Lipinski definition) is 7. The van der Waals surface area contributed by atoms with Crippen molar-refractivity contribution in [3.8, 4) is 5.75 Å². The first-order valence-electron chi connectivity index (χ1n) is 10.8. The molecule has 38 heavy (non-hydrogen) atoms. The van der Waals surface area contributed by atoms with Gasteiger partial charge in [-0.15, -0.1) is 4.28 Å². The molecule has 0 radical (unpaired) electrons. The Bertz CT molecular complexity index is 1380. The first-order chi connectivity index (χ1) is 17.7. The van der Waals surface area contributed by atoms with Gasteiger partial charge in [0.2, 0.25) is 16.9 Å². The van der Waals surface area contributed by atoms with Crippen LogP contribution in [0.4, 0.5) is 4.79 Å². The molecule has 1 aromatic rings. The number of hydrogen-bond acceptors (Lipinski definition) is 11. The van der Waals surface area contributed by atoms with E-state index < -0.39 is 81.5 Å². The quantitative estimate of drug-likeness (QED) is 0.0653. The smallest absolute Gasteiger partial charge is 0.418 e. The van der Waals surface area contributed by atoms with Crippen LogP contribution < -0.4 is 27.3 Å². The Morgan fingerprint density at radius 2 is 1.97 bits per heavy atom. The Labute approximate surface area is 212 Å². The molecule has 0 saturated carbocycles. The summed E-state index contributed by atoms with van der Waals surface area (Å²) in [5, 5.41) is 14.3. The zero-order valence-corrected chi connectivity index (χ0v) is 19.9. The Hall–Kier alpha value is -4.27. The Morgan fingerprint density at radius 3 is 2.58 bits per heavy atom. The molecule has 3 aliphatic rings. The average Bonchev–Trinajstić information content (AvgIpc) is 3.08. The highest BCUT2D eigenvalue weighted by atomic mass is 32.3. The van der Waals surface area contributed by atoms with Gasteiger partial charge < -0.3 is 26.5 Å². The van der Waals surface area contributed by atoms with Gasteiger partial charge in [0.15, 0.2) is 5.75 Å². The SMILES string of the molecule is NC(=O)C1(C(=O)NOC[C@H]2NC(=O)[C@H]2NC(=O)c2cc(=O)c(O)c[nH]2)CCC2CN1C(=O)N2OS(=O)(=O)O. The van der Waals surface area contributed by atoms with Crippen molar-refractivity contribution in [2.75, 3.05) is 13.2 Å². The van der Waals surface area contributed by atoms with Crippen molar-refractivity contribution in [3.05, 3.63) is 28.2 Å². The minimum atomic E-state index is -5.07. The Morgan fingerprint density at radius 1 is 1.26 bits per heavy atom. The average molecular weight is 559 g/mol. The minimum Gasteiger partial charge on any atom is -0.503 e. The molecule has 3 saturated heterocycles. The number of fused-ring (bicyclic) bond motifs is 2. The molecule has 1 aromatic heterocycles. The molecule has 4 rings (SSSR count). The first-order valence-corrected chi connectivity index (χ1v) is 12.1. The number of H-pyrrole nitrogens is 1. The number of pyridine rings is 1. The van der Waals surface area contributed by atoms with Gasteiger partial charge in [0.1, 0.15) is 11.7 Å². The van der Waals surface area contributed by atoms with E-state index in [1.54, 1.807) is 0 Å². The molecule has 206 valence electrons. The fourth-order valence-electron chi connectivity index (χ4n) is 4.32. The molecule has 0 spiro atoms. The van der Waals surface area contributed by atoms with Crippen molar-refractivity contribution in [2.45, 2.75) is 36.5 Å². The van der Waals surface area contributed by atoms with E-state index in [2.05, 4.69) is 19.9 Å². The number of rotatable bonds is 9. The van der Waals surface area contributed by atoms with Crippen molar-refractivity contribution in [2.24, 2.45) is 5.73 Å². The van der Waals surface area contributed by atoms with Crippen LogP contribution in [0.3, 0.4) is 0 Å². The van der Waals surface area contributed by atoms with E-state index in [0.29, 0.717) is 9.96 Å². The molecule has 3 aliphatic heterocycles. The van der Waals surface area contributed by atoms with E-state index in [1.807, 2.05) is 5.48 Å². The van der Waals surface area contributed by atoms with E-state index >= 15 is 0 Å². The number of β-lactam (4-membered cyclic amide) rings is 1. The van der Waals surface area contributed by atoms with E-state index in [-0.39, 0.29) is 25.1 Å². The number of primary amides is 1. The maximum atomic E-state index is 13.0. The number of carbonyl (C=O) groups is 5. The summed E-state index contributed by atoms with van der Waals surface area (Å²) in [5.74, 6) is -4.47. The van der Waals surface area contributed by atoms with Gasteiger partial charge in [-0.05, 0) is 12.8 Å². The van der Waals surface area contributed by atoms with E-state index in [4.69, 9.17) is 15.1 Å². The standard InChI is InChI=1S/C18H21N7O12S/c19-15(30)18(2-1-7-5-24(18)17(32)25(7)37-38(33,34)35)16(31)23-36-6-9-12(14(29)21-9)22-13(28)8-3-10(26)11(27)4-20-8/h3-4,7,9,12,27H,1-2,5-6H2,(H2,19,30)(H,20,26)(H,21,29)(H,22,28)(H,23,31)(H,33,34,35)/t7?,9-,12+,18?/m1/s1. The maximum Gasteiger partial charge on any atom is 0.418 e. The second-order valence-electron chi connectivity index (χ2n) is 8.54. The molecule has 4 atom stereocenters. The molecule has 4 heterocycles. The number of urea groups is 1. The Balaban J connectivity index is 1.37. The zero-order chi connectivity index (χ0) is 28.0. The van der Waals surface area contributed by atoms with Crippen molar-refractivity contribution in [1.82, 2.24) is 31.1 Å². The number of nitrogens with two attached hydrogens (primary N) is 1. The third kappa shape index (κ3) is 4.71.